The summed E-state index contributed by atoms with van der Waals surface area (Å²) in [7, 11) is 3.73. The van der Waals surface area contributed by atoms with E-state index in [-0.39, 0.29) is 69.0 Å². The molecular formula is C30H39ClN14O8. The molecule has 6 rings (SSSR count). The molecule has 0 saturated heterocycles. The first-order chi connectivity index (χ1) is 22.9. The Kier molecular flexibility index (Phi) is 17.0. The third-order valence-electron chi connectivity index (χ3n) is 6.91. The average Bonchev–Trinajstić information content (AvgIpc) is 3.05. The molecule has 23 heteroatoms. The van der Waals surface area contributed by atoms with Crippen molar-refractivity contribution >= 4 is 81.6 Å². The number of rotatable bonds is 8. The maximum atomic E-state index is 10.9. The number of aromatic nitrogens is 8. The molecule has 0 aliphatic heterocycles. The summed E-state index contributed by atoms with van der Waals surface area (Å²) < 4.78 is 0. The Labute approximate surface area is 306 Å². The van der Waals surface area contributed by atoms with Crippen molar-refractivity contribution < 1.29 is 41.7 Å². The first kappa shape index (κ1) is 46.1. The molecule has 0 spiro atoms. The van der Waals surface area contributed by atoms with Gasteiger partial charge >= 0.3 is 11.9 Å². The van der Waals surface area contributed by atoms with Gasteiger partial charge in [-0.25, -0.2) is 29.5 Å². The minimum absolute atomic E-state index is 0. The molecule has 2 aromatic carbocycles. The Morgan fingerprint density at radius 2 is 0.887 bits per heavy atom. The summed E-state index contributed by atoms with van der Waals surface area (Å²) in [6, 6.07) is 13.1. The van der Waals surface area contributed by atoms with Gasteiger partial charge < -0.3 is 64.9 Å². The topological polar surface area (TPSA) is 414 Å². The number of anilines is 6. The summed E-state index contributed by atoms with van der Waals surface area (Å²) in [5.74, 6) is -1.45. The van der Waals surface area contributed by atoms with Crippen molar-refractivity contribution in [2.24, 2.45) is 0 Å². The number of fused-ring (bicyclic) bond motifs is 2. The summed E-state index contributed by atoms with van der Waals surface area (Å²) in [6.07, 6.45) is 3.19. The van der Waals surface area contributed by atoms with E-state index in [4.69, 9.17) is 33.1 Å². The Hall–Kier alpha value is -6.85. The van der Waals surface area contributed by atoms with E-state index >= 15 is 0 Å². The second kappa shape index (κ2) is 19.5. The van der Waals surface area contributed by atoms with Crippen LogP contribution in [0.4, 0.5) is 34.9 Å². The van der Waals surface area contributed by atoms with Crippen molar-refractivity contribution in [1.82, 2.24) is 39.9 Å². The fourth-order valence-electron chi connectivity index (χ4n) is 4.50. The van der Waals surface area contributed by atoms with Crippen molar-refractivity contribution in [3.05, 3.63) is 83.4 Å². The molecule has 0 fully saturated rings. The molecule has 4 heterocycles. The predicted molar refractivity (Wildman–Crippen MR) is 201 cm³/mol. The number of benzene rings is 2. The van der Waals surface area contributed by atoms with Gasteiger partial charge in [-0.3, -0.25) is 0 Å². The third kappa shape index (κ3) is 11.1. The van der Waals surface area contributed by atoms with Crippen LogP contribution in [0.1, 0.15) is 32.1 Å². The van der Waals surface area contributed by atoms with Gasteiger partial charge in [0.1, 0.15) is 0 Å². The highest BCUT2D eigenvalue weighted by Crippen LogP contribution is 2.20. The summed E-state index contributed by atoms with van der Waals surface area (Å²) >= 11 is 0. The van der Waals surface area contributed by atoms with E-state index in [0.717, 1.165) is 11.4 Å². The molecule has 0 aliphatic carbocycles. The number of nitrogens with zero attached hydrogens (tertiary/aromatic N) is 10. The Morgan fingerprint density at radius 3 is 1.19 bits per heavy atom. The number of nitrogens with two attached hydrogens (primary N) is 4. The number of carboxylic acids is 2. The first-order valence-electron chi connectivity index (χ1n) is 14.1. The lowest BCUT2D eigenvalue weighted by atomic mass is 10.2. The molecule has 22 nitrogen and oxygen atoms in total. The second-order valence-electron chi connectivity index (χ2n) is 10.4. The maximum absolute atomic E-state index is 10.9. The summed E-state index contributed by atoms with van der Waals surface area (Å²) in [5.41, 5.74) is 27.7. The minimum Gasteiger partial charge on any atom is -0.478 e. The molecule has 6 aromatic rings. The van der Waals surface area contributed by atoms with E-state index in [9.17, 15) is 9.59 Å². The van der Waals surface area contributed by atoms with Gasteiger partial charge in [0.2, 0.25) is 11.9 Å². The molecule has 0 bridgehead atoms. The van der Waals surface area contributed by atoms with Gasteiger partial charge in [0.25, 0.3) is 0 Å². The van der Waals surface area contributed by atoms with Crippen LogP contribution in [0.3, 0.4) is 0 Å². The monoisotopic (exact) mass is 758 g/mol. The van der Waals surface area contributed by atoms with Gasteiger partial charge in [0, 0.05) is 25.5 Å². The van der Waals surface area contributed by atoms with Crippen LogP contribution in [-0.4, -0.2) is 98.0 Å². The highest BCUT2D eigenvalue weighted by molar-refractivity contribution is 5.88. The summed E-state index contributed by atoms with van der Waals surface area (Å²) in [4.78, 5) is 58.6. The van der Waals surface area contributed by atoms with Gasteiger partial charge in [0.05, 0.1) is 48.0 Å². The number of aromatic carboxylic acids is 2. The molecular weight excluding hydrogens is 720 g/mol. The Morgan fingerprint density at radius 1 is 0.566 bits per heavy atom. The van der Waals surface area contributed by atoms with Crippen LogP contribution < -0.4 is 32.7 Å². The van der Waals surface area contributed by atoms with Gasteiger partial charge in [-0.15, -0.1) is 12.4 Å². The van der Waals surface area contributed by atoms with E-state index in [1.807, 2.05) is 23.9 Å². The lowest BCUT2D eigenvalue weighted by Gasteiger charge is -2.19. The SMILES string of the molecule is CN(Cc1cnc2nc(N)nc(N)c2n1)c1ccc(C(=O)O)cc1.CN(Cc1cnc2nc(N)nc(N)c2n1)c1ccc(C(=O)O)cc1.Cl.O.O.O.O. The molecule has 0 atom stereocenters. The lowest BCUT2D eigenvalue weighted by molar-refractivity contribution is 0.0686. The zero-order chi connectivity index (χ0) is 34.5. The van der Waals surface area contributed by atoms with Crippen LogP contribution in [0.5, 0.6) is 0 Å². The van der Waals surface area contributed by atoms with Crippen molar-refractivity contribution in [3.8, 4) is 0 Å². The number of nitrogen functional groups attached to an aromatic ring is 4. The fraction of sp³-hybridized carbons (Fsp3) is 0.133. The summed E-state index contributed by atoms with van der Waals surface area (Å²) in [6.45, 7) is 0.915. The molecule has 0 unspecified atom stereocenters. The highest BCUT2D eigenvalue weighted by atomic mass is 35.5. The third-order valence-corrected chi connectivity index (χ3v) is 6.91. The normalized spacial score (nSPS) is 9.70. The van der Waals surface area contributed by atoms with Gasteiger partial charge in [0.15, 0.2) is 34.0 Å². The van der Waals surface area contributed by atoms with Crippen molar-refractivity contribution in [2.45, 2.75) is 13.1 Å². The number of hydrogen-bond donors (Lipinski definition) is 6. The molecule has 0 aliphatic rings. The van der Waals surface area contributed by atoms with Crippen molar-refractivity contribution in [2.75, 3.05) is 46.8 Å². The van der Waals surface area contributed by atoms with E-state index in [0.29, 0.717) is 46.8 Å². The molecule has 4 aromatic heterocycles. The Balaban J connectivity index is 0.000000932. The Bertz CT molecular complexity index is 2000. The standard InChI is InChI=1S/2C15H15N7O2.ClH.4H2O/c2*1-22(10-4-2-8(3-5-10)14(23)24)7-9-6-18-13-11(19-9)12(16)20-15(17)21-13;;;;;/h2*2-6H,7H2,1H3,(H,23,24)(H4,16,17,18,20,21);1H;4*1H2. The van der Waals surface area contributed by atoms with Crippen LogP contribution in [0.2, 0.25) is 0 Å². The predicted octanol–water partition coefficient (Wildman–Crippen LogP) is -1.04. The molecule has 0 amide bonds. The lowest BCUT2D eigenvalue weighted by Crippen LogP contribution is -2.18. The number of halogens is 1. The molecule has 284 valence electrons. The molecule has 18 N–H and O–H groups in total. The average molecular weight is 759 g/mol. The molecule has 0 saturated carbocycles. The first-order valence-corrected chi connectivity index (χ1v) is 14.1. The van der Waals surface area contributed by atoms with Gasteiger partial charge in [-0.1, -0.05) is 0 Å². The second-order valence-corrected chi connectivity index (χ2v) is 10.4. The maximum Gasteiger partial charge on any atom is 0.335 e. The fourth-order valence-corrected chi connectivity index (χ4v) is 4.50. The zero-order valence-corrected chi connectivity index (χ0v) is 28.9. The van der Waals surface area contributed by atoms with Crippen LogP contribution in [0.15, 0.2) is 60.9 Å². The van der Waals surface area contributed by atoms with Gasteiger partial charge in [-0.05, 0) is 48.5 Å². The van der Waals surface area contributed by atoms with Crippen LogP contribution in [0.25, 0.3) is 22.3 Å². The summed E-state index contributed by atoms with van der Waals surface area (Å²) in [5, 5.41) is 17.9. The molecule has 53 heavy (non-hydrogen) atoms. The van der Waals surface area contributed by atoms with Gasteiger partial charge in [-0.2, -0.15) is 19.9 Å². The zero-order valence-electron chi connectivity index (χ0n) is 28.1. The van der Waals surface area contributed by atoms with E-state index in [1.54, 1.807) is 60.9 Å². The molecule has 0 radical (unpaired) electrons. The van der Waals surface area contributed by atoms with E-state index in [1.165, 1.54) is 0 Å². The number of hydrogen-bond acceptors (Lipinski definition) is 16. The number of carbonyl (C=O) groups is 2. The van der Waals surface area contributed by atoms with Crippen molar-refractivity contribution in [1.29, 1.82) is 0 Å². The smallest absolute Gasteiger partial charge is 0.335 e. The van der Waals surface area contributed by atoms with Crippen molar-refractivity contribution in [3.63, 3.8) is 0 Å². The van der Waals surface area contributed by atoms with E-state index < -0.39 is 11.9 Å². The number of carboxylic acid groups (broad SMARTS) is 2. The highest BCUT2D eigenvalue weighted by Gasteiger charge is 2.12. The quantitative estimate of drug-likeness (QED) is 0.108. The van der Waals surface area contributed by atoms with Crippen LogP contribution in [0, 0.1) is 0 Å². The minimum atomic E-state index is -0.959. The van der Waals surface area contributed by atoms with Crippen LogP contribution >= 0.6 is 12.4 Å². The van der Waals surface area contributed by atoms with Crippen LogP contribution in [-0.2, 0) is 13.1 Å². The van der Waals surface area contributed by atoms with E-state index in [2.05, 4.69) is 39.9 Å². The largest absolute Gasteiger partial charge is 0.478 e.